The number of nitrogens with zero attached hydrogens (tertiary/aromatic N) is 2. The number of likely N-dealkylation sites (N-methyl/N-ethyl adjacent to an activating group) is 1. The van der Waals surface area contributed by atoms with E-state index in [1.54, 1.807) is 4.90 Å². The predicted octanol–water partition coefficient (Wildman–Crippen LogP) is 2.97. The molecule has 1 saturated carbocycles. The first-order valence-electron chi connectivity index (χ1n) is 8.12. The lowest BCUT2D eigenvalue weighted by molar-refractivity contribution is -0.133. The Balaban J connectivity index is 1.78. The summed E-state index contributed by atoms with van der Waals surface area (Å²) in [5.41, 5.74) is 0.667. The summed E-state index contributed by atoms with van der Waals surface area (Å²) in [5.74, 6) is 0.481. The van der Waals surface area contributed by atoms with E-state index in [-0.39, 0.29) is 25.0 Å². The van der Waals surface area contributed by atoms with Gasteiger partial charge in [0.15, 0.2) is 6.61 Å². The van der Waals surface area contributed by atoms with Crippen molar-refractivity contribution >= 4 is 33.4 Å². The number of ether oxygens (including phenoxy) is 1. The average Bonchev–Trinajstić information content (AvgIpc) is 3.05. The van der Waals surface area contributed by atoms with Crippen molar-refractivity contribution in [1.29, 1.82) is 0 Å². The third-order valence-corrected chi connectivity index (χ3v) is 5.08. The highest BCUT2D eigenvalue weighted by Gasteiger charge is 2.31. The number of rotatable bonds is 4. The Morgan fingerprint density at radius 2 is 2.13 bits per heavy atom. The highest BCUT2D eigenvalue weighted by atomic mass is 79.9. The van der Waals surface area contributed by atoms with Crippen LogP contribution in [0.1, 0.15) is 32.6 Å². The normalized spacial score (nSPS) is 17.8. The molecule has 124 valence electrons. The molecule has 2 aliphatic rings. The van der Waals surface area contributed by atoms with Crippen LogP contribution in [0, 0.1) is 0 Å². The van der Waals surface area contributed by atoms with Crippen molar-refractivity contribution in [3.05, 3.63) is 22.7 Å². The first kappa shape index (κ1) is 16.3. The summed E-state index contributed by atoms with van der Waals surface area (Å²) in [7, 11) is 0. The Morgan fingerprint density at radius 1 is 1.39 bits per heavy atom. The van der Waals surface area contributed by atoms with Gasteiger partial charge in [-0.3, -0.25) is 14.5 Å². The minimum absolute atomic E-state index is 0.0171. The van der Waals surface area contributed by atoms with Crippen LogP contribution in [0.2, 0.25) is 0 Å². The largest absolute Gasteiger partial charge is 0.482 e. The molecule has 1 heterocycles. The Labute approximate surface area is 144 Å². The molecule has 2 amide bonds. The summed E-state index contributed by atoms with van der Waals surface area (Å²) in [6, 6.07) is 5.82. The number of amides is 2. The van der Waals surface area contributed by atoms with Crippen LogP contribution in [0.3, 0.4) is 0 Å². The van der Waals surface area contributed by atoms with Crippen molar-refractivity contribution in [2.75, 3.05) is 24.6 Å². The summed E-state index contributed by atoms with van der Waals surface area (Å²) >= 11 is 3.40. The van der Waals surface area contributed by atoms with E-state index in [1.807, 2.05) is 30.0 Å². The van der Waals surface area contributed by atoms with E-state index in [0.717, 1.165) is 17.3 Å². The molecule has 0 unspecified atom stereocenters. The van der Waals surface area contributed by atoms with Gasteiger partial charge in [-0.1, -0.05) is 28.8 Å². The van der Waals surface area contributed by atoms with E-state index in [4.69, 9.17) is 4.74 Å². The topological polar surface area (TPSA) is 49.9 Å². The predicted molar refractivity (Wildman–Crippen MR) is 91.6 cm³/mol. The Bertz CT molecular complexity index is 614. The molecule has 0 saturated heterocycles. The number of benzene rings is 1. The molecular weight excluding hydrogens is 360 g/mol. The maximum absolute atomic E-state index is 12.7. The fourth-order valence-corrected chi connectivity index (χ4v) is 3.77. The molecule has 5 nitrogen and oxygen atoms in total. The van der Waals surface area contributed by atoms with Crippen molar-refractivity contribution in [2.45, 2.75) is 38.6 Å². The molecule has 1 aliphatic heterocycles. The fraction of sp³-hybridized carbons (Fsp3) is 0.529. The highest BCUT2D eigenvalue weighted by molar-refractivity contribution is 9.10. The van der Waals surface area contributed by atoms with Crippen LogP contribution >= 0.6 is 15.9 Å². The molecule has 0 atom stereocenters. The van der Waals surface area contributed by atoms with Crippen molar-refractivity contribution in [3.8, 4) is 5.75 Å². The van der Waals surface area contributed by atoms with Crippen molar-refractivity contribution in [1.82, 2.24) is 4.90 Å². The van der Waals surface area contributed by atoms with Gasteiger partial charge in [-0.15, -0.1) is 0 Å². The lowest BCUT2D eigenvalue weighted by Crippen LogP contribution is -2.48. The number of carbonyl (C=O) groups excluding carboxylic acids is 2. The highest BCUT2D eigenvalue weighted by Crippen LogP contribution is 2.34. The second-order valence-electron chi connectivity index (χ2n) is 6.00. The fourth-order valence-electron chi connectivity index (χ4n) is 3.43. The number of fused-ring (bicyclic) bond motifs is 1. The van der Waals surface area contributed by atoms with Crippen LogP contribution in [0.4, 0.5) is 5.69 Å². The molecule has 1 aromatic rings. The SMILES string of the molecule is CCN(C(=O)CN1C(=O)COc2cc(Br)ccc21)C1CCCC1. The zero-order valence-corrected chi connectivity index (χ0v) is 14.8. The van der Waals surface area contributed by atoms with Crippen LogP contribution in [0.5, 0.6) is 5.75 Å². The molecule has 1 fully saturated rings. The van der Waals surface area contributed by atoms with E-state index in [2.05, 4.69) is 15.9 Å². The van der Waals surface area contributed by atoms with Crippen LogP contribution < -0.4 is 9.64 Å². The monoisotopic (exact) mass is 380 g/mol. The summed E-state index contributed by atoms with van der Waals surface area (Å²) in [5, 5.41) is 0. The van der Waals surface area contributed by atoms with Gasteiger partial charge in [0.2, 0.25) is 5.91 Å². The van der Waals surface area contributed by atoms with Crippen LogP contribution in [-0.2, 0) is 9.59 Å². The quantitative estimate of drug-likeness (QED) is 0.806. The number of hydrogen-bond donors (Lipinski definition) is 0. The standard InChI is InChI=1S/C17H21BrN2O3/c1-2-19(13-5-3-4-6-13)16(21)10-20-14-8-7-12(18)9-15(14)23-11-17(20)22/h7-9,13H,2-6,10-11H2,1H3. The van der Waals surface area contributed by atoms with E-state index < -0.39 is 0 Å². The minimum Gasteiger partial charge on any atom is -0.482 e. The van der Waals surface area contributed by atoms with Gasteiger partial charge >= 0.3 is 0 Å². The molecule has 0 spiro atoms. The number of anilines is 1. The molecule has 0 bridgehead atoms. The molecule has 23 heavy (non-hydrogen) atoms. The zero-order valence-electron chi connectivity index (χ0n) is 13.3. The van der Waals surface area contributed by atoms with Gasteiger partial charge in [-0.05, 0) is 38.0 Å². The summed E-state index contributed by atoms with van der Waals surface area (Å²) < 4.78 is 6.36. The number of carbonyl (C=O) groups is 2. The lowest BCUT2D eigenvalue weighted by Gasteiger charge is -2.33. The maximum Gasteiger partial charge on any atom is 0.265 e. The third-order valence-electron chi connectivity index (χ3n) is 4.58. The number of hydrogen-bond acceptors (Lipinski definition) is 3. The molecule has 3 rings (SSSR count). The third kappa shape index (κ3) is 3.37. The number of halogens is 1. The summed E-state index contributed by atoms with van der Waals surface area (Å²) in [6.07, 6.45) is 4.50. The van der Waals surface area contributed by atoms with Crippen LogP contribution in [0.25, 0.3) is 0 Å². The van der Waals surface area contributed by atoms with Crippen molar-refractivity contribution in [2.24, 2.45) is 0 Å². The van der Waals surface area contributed by atoms with Gasteiger partial charge in [0.05, 0.1) is 5.69 Å². The molecule has 6 heteroatoms. The maximum atomic E-state index is 12.7. The zero-order chi connectivity index (χ0) is 16.4. The Morgan fingerprint density at radius 3 is 2.83 bits per heavy atom. The van der Waals surface area contributed by atoms with Gasteiger partial charge in [0, 0.05) is 17.1 Å². The summed E-state index contributed by atoms with van der Waals surface area (Å²) in [4.78, 5) is 28.4. The smallest absolute Gasteiger partial charge is 0.265 e. The Hall–Kier alpha value is -1.56. The van der Waals surface area contributed by atoms with E-state index in [1.165, 1.54) is 12.8 Å². The second kappa shape index (κ2) is 6.91. The molecule has 0 radical (unpaired) electrons. The Kier molecular flexibility index (Phi) is 4.90. The van der Waals surface area contributed by atoms with E-state index >= 15 is 0 Å². The molecule has 0 aromatic heterocycles. The molecule has 0 N–H and O–H groups in total. The van der Waals surface area contributed by atoms with E-state index in [0.29, 0.717) is 24.0 Å². The van der Waals surface area contributed by atoms with Crippen LogP contribution in [-0.4, -0.2) is 42.5 Å². The average molecular weight is 381 g/mol. The lowest BCUT2D eigenvalue weighted by atomic mass is 10.2. The molecule has 1 aromatic carbocycles. The molecular formula is C17H21BrN2O3. The van der Waals surface area contributed by atoms with Gasteiger partial charge in [0.25, 0.3) is 5.91 Å². The van der Waals surface area contributed by atoms with Crippen molar-refractivity contribution in [3.63, 3.8) is 0 Å². The van der Waals surface area contributed by atoms with Crippen LogP contribution in [0.15, 0.2) is 22.7 Å². The first-order valence-corrected chi connectivity index (χ1v) is 8.91. The van der Waals surface area contributed by atoms with Gasteiger partial charge < -0.3 is 9.64 Å². The first-order chi connectivity index (χ1) is 11.1. The second-order valence-corrected chi connectivity index (χ2v) is 6.91. The molecule has 1 aliphatic carbocycles. The van der Waals surface area contributed by atoms with Crippen molar-refractivity contribution < 1.29 is 14.3 Å². The van der Waals surface area contributed by atoms with Gasteiger partial charge in [-0.25, -0.2) is 0 Å². The van der Waals surface area contributed by atoms with Gasteiger partial charge in [0.1, 0.15) is 12.3 Å². The summed E-state index contributed by atoms with van der Waals surface area (Å²) in [6.45, 7) is 2.76. The minimum atomic E-state index is -0.171. The van der Waals surface area contributed by atoms with Gasteiger partial charge in [-0.2, -0.15) is 0 Å². The van der Waals surface area contributed by atoms with E-state index in [9.17, 15) is 9.59 Å².